The Hall–Kier alpha value is -4.50. The normalized spacial score (nSPS) is 11.6. The van der Waals surface area contributed by atoms with Crippen LogP contribution in [0.1, 0.15) is 0 Å². The topological polar surface area (TPSA) is 38.9 Å². The molecule has 0 saturated carbocycles. The number of hydrogen-bond acceptors (Lipinski definition) is 3. The zero-order valence-corrected chi connectivity index (χ0v) is 17.7. The highest BCUT2D eigenvalue weighted by Crippen LogP contribution is 2.31. The molecule has 0 saturated heterocycles. The van der Waals surface area contributed by atoms with Gasteiger partial charge < -0.3 is 4.42 Å². The van der Waals surface area contributed by atoms with Crippen LogP contribution in [0.5, 0.6) is 0 Å². The lowest BCUT2D eigenvalue weighted by Gasteiger charge is -2.04. The second-order valence-electron chi connectivity index (χ2n) is 8.43. The average Bonchev–Trinajstić information content (AvgIpc) is 3.36. The quantitative estimate of drug-likeness (QED) is 0.265. The van der Waals surface area contributed by atoms with Crippen molar-refractivity contribution in [2.75, 3.05) is 0 Å². The van der Waals surface area contributed by atoms with E-state index in [1.807, 2.05) is 12.1 Å². The SMILES string of the molecule is c1ccc2cc3cc(-c4nnc(-c5ccc6cc7ccccc7cc6c5)o4)ccc3cc2c1. The second-order valence-corrected chi connectivity index (χ2v) is 8.43. The predicted octanol–water partition coefficient (Wildman–Crippen LogP) is 8.02. The van der Waals surface area contributed by atoms with E-state index in [4.69, 9.17) is 4.42 Å². The maximum Gasteiger partial charge on any atom is 0.248 e. The molecule has 0 unspecified atom stereocenters. The molecule has 0 bridgehead atoms. The van der Waals surface area contributed by atoms with E-state index in [-0.39, 0.29) is 0 Å². The van der Waals surface area contributed by atoms with Crippen molar-refractivity contribution in [3.63, 3.8) is 0 Å². The molecule has 7 rings (SSSR count). The Morgan fingerprint density at radius 1 is 0.364 bits per heavy atom. The molecule has 1 heterocycles. The van der Waals surface area contributed by atoms with Crippen molar-refractivity contribution in [2.24, 2.45) is 0 Å². The van der Waals surface area contributed by atoms with E-state index in [1.165, 1.54) is 32.3 Å². The van der Waals surface area contributed by atoms with Gasteiger partial charge in [-0.2, -0.15) is 0 Å². The van der Waals surface area contributed by atoms with Gasteiger partial charge in [0.25, 0.3) is 0 Å². The van der Waals surface area contributed by atoms with Gasteiger partial charge in [0, 0.05) is 11.1 Å². The van der Waals surface area contributed by atoms with Crippen molar-refractivity contribution in [1.82, 2.24) is 10.2 Å². The van der Waals surface area contributed by atoms with Gasteiger partial charge in [0.05, 0.1) is 0 Å². The molecule has 6 aromatic carbocycles. The first-order valence-electron chi connectivity index (χ1n) is 11.0. The minimum Gasteiger partial charge on any atom is -0.416 e. The van der Waals surface area contributed by atoms with Crippen LogP contribution in [0.4, 0.5) is 0 Å². The molecule has 7 aromatic rings. The molecule has 0 radical (unpaired) electrons. The summed E-state index contributed by atoms with van der Waals surface area (Å²) in [7, 11) is 0. The van der Waals surface area contributed by atoms with Gasteiger partial charge in [0.2, 0.25) is 11.8 Å². The number of aromatic nitrogens is 2. The Morgan fingerprint density at radius 2 is 0.727 bits per heavy atom. The third kappa shape index (κ3) is 3.06. The largest absolute Gasteiger partial charge is 0.416 e. The van der Waals surface area contributed by atoms with Gasteiger partial charge in [-0.3, -0.25) is 0 Å². The molecule has 33 heavy (non-hydrogen) atoms. The molecule has 0 atom stereocenters. The van der Waals surface area contributed by atoms with Crippen molar-refractivity contribution in [1.29, 1.82) is 0 Å². The van der Waals surface area contributed by atoms with Crippen molar-refractivity contribution in [3.05, 3.63) is 109 Å². The van der Waals surface area contributed by atoms with E-state index in [1.54, 1.807) is 0 Å². The number of benzene rings is 6. The molecule has 0 aliphatic rings. The molecule has 3 nitrogen and oxygen atoms in total. The van der Waals surface area contributed by atoms with Crippen LogP contribution in [0.25, 0.3) is 66.0 Å². The first kappa shape index (κ1) is 18.1. The second kappa shape index (κ2) is 7.01. The van der Waals surface area contributed by atoms with E-state index in [0.29, 0.717) is 11.8 Å². The summed E-state index contributed by atoms with van der Waals surface area (Å²) in [6.45, 7) is 0. The molecule has 0 N–H and O–H groups in total. The van der Waals surface area contributed by atoms with Gasteiger partial charge >= 0.3 is 0 Å². The molecule has 0 aliphatic carbocycles. The number of nitrogens with zero attached hydrogens (tertiary/aromatic N) is 2. The van der Waals surface area contributed by atoms with E-state index in [0.717, 1.165) is 21.9 Å². The Kier molecular flexibility index (Phi) is 3.84. The smallest absolute Gasteiger partial charge is 0.248 e. The average molecular weight is 422 g/mol. The molecule has 0 spiro atoms. The van der Waals surface area contributed by atoms with Crippen LogP contribution in [0, 0.1) is 0 Å². The zero-order valence-electron chi connectivity index (χ0n) is 17.7. The summed E-state index contributed by atoms with van der Waals surface area (Å²) in [6.07, 6.45) is 0. The summed E-state index contributed by atoms with van der Waals surface area (Å²) in [6, 6.07) is 38.2. The first-order valence-corrected chi connectivity index (χ1v) is 11.0. The highest BCUT2D eigenvalue weighted by atomic mass is 16.4. The number of rotatable bonds is 2. The predicted molar refractivity (Wildman–Crippen MR) is 135 cm³/mol. The van der Waals surface area contributed by atoms with Gasteiger partial charge in [-0.1, -0.05) is 60.7 Å². The van der Waals surface area contributed by atoms with E-state index in [9.17, 15) is 0 Å². The molecule has 1 aromatic heterocycles. The summed E-state index contributed by atoms with van der Waals surface area (Å²) in [5.41, 5.74) is 1.84. The molecule has 3 heteroatoms. The lowest BCUT2D eigenvalue weighted by molar-refractivity contribution is 0.585. The molecule has 0 aliphatic heterocycles. The van der Waals surface area contributed by atoms with Crippen molar-refractivity contribution in [3.8, 4) is 22.9 Å². The summed E-state index contributed by atoms with van der Waals surface area (Å²) in [5, 5.41) is 18.3. The molecular weight excluding hydrogens is 404 g/mol. The van der Waals surface area contributed by atoms with Crippen LogP contribution in [-0.2, 0) is 0 Å². The van der Waals surface area contributed by atoms with Crippen LogP contribution >= 0.6 is 0 Å². The Balaban J connectivity index is 1.29. The van der Waals surface area contributed by atoms with Crippen molar-refractivity contribution < 1.29 is 4.42 Å². The number of hydrogen-bond donors (Lipinski definition) is 0. The third-order valence-electron chi connectivity index (χ3n) is 6.33. The van der Waals surface area contributed by atoms with Crippen LogP contribution in [0.3, 0.4) is 0 Å². The van der Waals surface area contributed by atoms with Crippen molar-refractivity contribution in [2.45, 2.75) is 0 Å². The van der Waals surface area contributed by atoms with Crippen LogP contribution in [-0.4, -0.2) is 10.2 Å². The Bertz CT molecular complexity index is 1700. The minimum atomic E-state index is 0.527. The lowest BCUT2D eigenvalue weighted by Crippen LogP contribution is -1.81. The van der Waals surface area contributed by atoms with Crippen molar-refractivity contribution >= 4 is 43.1 Å². The van der Waals surface area contributed by atoms with Crippen LogP contribution in [0.2, 0.25) is 0 Å². The van der Waals surface area contributed by atoms with Gasteiger partial charge in [0.1, 0.15) is 0 Å². The molecular formula is C30H18N2O. The fraction of sp³-hybridized carbons (Fsp3) is 0. The highest BCUT2D eigenvalue weighted by molar-refractivity contribution is 6.00. The maximum absolute atomic E-state index is 6.11. The summed E-state index contributed by atoms with van der Waals surface area (Å²) >= 11 is 0. The highest BCUT2D eigenvalue weighted by Gasteiger charge is 2.12. The van der Waals surface area contributed by atoms with Gasteiger partial charge in [-0.05, 0) is 91.6 Å². The fourth-order valence-corrected chi connectivity index (χ4v) is 4.60. The van der Waals surface area contributed by atoms with E-state index < -0.39 is 0 Å². The number of fused-ring (bicyclic) bond motifs is 4. The minimum absolute atomic E-state index is 0.527. The summed E-state index contributed by atoms with van der Waals surface area (Å²) in [5.74, 6) is 1.05. The van der Waals surface area contributed by atoms with Crippen LogP contribution in [0.15, 0.2) is 114 Å². The molecule has 0 amide bonds. The first-order chi connectivity index (χ1) is 16.3. The summed E-state index contributed by atoms with van der Waals surface area (Å²) in [4.78, 5) is 0. The zero-order chi connectivity index (χ0) is 21.8. The van der Waals surface area contributed by atoms with Gasteiger partial charge in [-0.15, -0.1) is 10.2 Å². The standard InChI is InChI=1S/C30H18N2O/c1-3-7-21-15-27-17-25(11-9-23(27)13-19(21)5-1)29-31-32-30(33-29)26-12-10-24-14-20-6-2-4-8-22(20)16-28(24)18-26/h1-18H. The summed E-state index contributed by atoms with van der Waals surface area (Å²) < 4.78 is 6.11. The monoisotopic (exact) mass is 422 g/mol. The third-order valence-corrected chi connectivity index (χ3v) is 6.33. The van der Waals surface area contributed by atoms with Gasteiger partial charge in [0.15, 0.2) is 0 Å². The Morgan fingerprint density at radius 3 is 1.15 bits per heavy atom. The van der Waals surface area contributed by atoms with Gasteiger partial charge in [-0.25, -0.2) is 0 Å². The van der Waals surface area contributed by atoms with E-state index >= 15 is 0 Å². The Labute approximate surface area is 189 Å². The molecule has 154 valence electrons. The van der Waals surface area contributed by atoms with E-state index in [2.05, 4.69) is 107 Å². The fourth-order valence-electron chi connectivity index (χ4n) is 4.60. The van der Waals surface area contributed by atoms with Crippen LogP contribution < -0.4 is 0 Å². The molecule has 0 fully saturated rings. The maximum atomic E-state index is 6.11. The lowest BCUT2D eigenvalue weighted by atomic mass is 10.0.